The predicted octanol–water partition coefficient (Wildman–Crippen LogP) is 1.58. The van der Waals surface area contributed by atoms with Crippen LogP contribution in [0.4, 0.5) is 0 Å². The van der Waals surface area contributed by atoms with Gasteiger partial charge in [0.2, 0.25) is 5.91 Å². The average molecular weight is 188 g/mol. The summed E-state index contributed by atoms with van der Waals surface area (Å²) in [5, 5.41) is 11.3. The monoisotopic (exact) mass is 188 g/mol. The van der Waals surface area contributed by atoms with Gasteiger partial charge in [-0.25, -0.2) is 0 Å². The first-order valence-electron chi connectivity index (χ1n) is 4.52. The second kappa shape index (κ2) is 5.03. The Bertz CT molecular complexity index is 349. The zero-order valence-corrected chi connectivity index (χ0v) is 8.08. The van der Waals surface area contributed by atoms with Crippen LogP contribution >= 0.6 is 0 Å². The Labute approximate surface area is 83.4 Å². The van der Waals surface area contributed by atoms with E-state index in [1.807, 2.05) is 25.1 Å². The maximum Gasteiger partial charge on any atom is 0.219 e. The number of rotatable bonds is 3. The first-order chi connectivity index (χ1) is 6.76. The molecule has 14 heavy (non-hydrogen) atoms. The van der Waals surface area contributed by atoms with Crippen molar-refractivity contribution < 1.29 is 4.79 Å². The minimum Gasteiger partial charge on any atom is -0.352 e. The number of nitriles is 1. The molecule has 1 aromatic rings. The molecule has 3 nitrogen and oxygen atoms in total. The number of benzene rings is 1. The first kappa shape index (κ1) is 10.3. The highest BCUT2D eigenvalue weighted by atomic mass is 16.1. The van der Waals surface area contributed by atoms with Crippen molar-refractivity contribution in [2.45, 2.75) is 19.9 Å². The van der Waals surface area contributed by atoms with Gasteiger partial charge >= 0.3 is 0 Å². The molecule has 0 aromatic heterocycles. The van der Waals surface area contributed by atoms with E-state index in [1.165, 1.54) is 0 Å². The molecule has 1 rings (SSSR count). The van der Waals surface area contributed by atoms with Crippen LogP contribution in [0.15, 0.2) is 24.3 Å². The van der Waals surface area contributed by atoms with Crippen LogP contribution in [0.2, 0.25) is 0 Å². The van der Waals surface area contributed by atoms with E-state index in [1.54, 1.807) is 12.1 Å². The Balaban J connectivity index is 2.53. The molecule has 1 aromatic carbocycles. The van der Waals surface area contributed by atoms with E-state index in [0.29, 0.717) is 18.5 Å². The summed E-state index contributed by atoms with van der Waals surface area (Å²) < 4.78 is 0. The molecule has 0 saturated carbocycles. The summed E-state index contributed by atoms with van der Waals surface area (Å²) in [5.41, 5.74) is 1.64. The molecule has 0 fully saturated rings. The largest absolute Gasteiger partial charge is 0.352 e. The third-order valence-corrected chi connectivity index (χ3v) is 1.89. The normalized spacial score (nSPS) is 9.14. The van der Waals surface area contributed by atoms with Crippen molar-refractivity contribution in [3.05, 3.63) is 35.4 Å². The Hall–Kier alpha value is -1.82. The zero-order chi connectivity index (χ0) is 10.4. The molecule has 0 aliphatic carbocycles. The van der Waals surface area contributed by atoms with Gasteiger partial charge in [-0.3, -0.25) is 4.79 Å². The fourth-order valence-corrected chi connectivity index (χ4v) is 1.02. The molecule has 0 bridgehead atoms. The second-order valence-electron chi connectivity index (χ2n) is 2.94. The van der Waals surface area contributed by atoms with Crippen LogP contribution in [-0.2, 0) is 11.3 Å². The number of amides is 1. The Morgan fingerprint density at radius 3 is 2.57 bits per heavy atom. The van der Waals surface area contributed by atoms with Gasteiger partial charge in [0.25, 0.3) is 0 Å². The molecule has 0 atom stereocenters. The summed E-state index contributed by atoms with van der Waals surface area (Å²) in [6.07, 6.45) is 0.496. The minimum atomic E-state index is 0.0364. The lowest BCUT2D eigenvalue weighted by Gasteiger charge is -2.02. The van der Waals surface area contributed by atoms with Gasteiger partial charge in [0.1, 0.15) is 0 Å². The second-order valence-corrected chi connectivity index (χ2v) is 2.94. The number of hydrogen-bond acceptors (Lipinski definition) is 2. The van der Waals surface area contributed by atoms with E-state index >= 15 is 0 Å². The molecular weight excluding hydrogens is 176 g/mol. The van der Waals surface area contributed by atoms with E-state index in [0.717, 1.165) is 5.56 Å². The van der Waals surface area contributed by atoms with E-state index in [4.69, 9.17) is 5.26 Å². The van der Waals surface area contributed by atoms with Crippen LogP contribution in [0, 0.1) is 11.3 Å². The van der Waals surface area contributed by atoms with Crippen molar-refractivity contribution in [3.8, 4) is 6.07 Å². The fourth-order valence-electron chi connectivity index (χ4n) is 1.02. The lowest BCUT2D eigenvalue weighted by Crippen LogP contribution is -2.21. The number of nitrogens with zero attached hydrogens (tertiary/aromatic N) is 1. The third kappa shape index (κ3) is 2.91. The first-order valence-corrected chi connectivity index (χ1v) is 4.52. The minimum absolute atomic E-state index is 0.0364. The summed E-state index contributed by atoms with van der Waals surface area (Å²) in [6, 6.07) is 9.21. The van der Waals surface area contributed by atoms with Crippen LogP contribution in [0.3, 0.4) is 0 Å². The lowest BCUT2D eigenvalue weighted by molar-refractivity contribution is -0.120. The number of hydrogen-bond donors (Lipinski definition) is 1. The summed E-state index contributed by atoms with van der Waals surface area (Å²) >= 11 is 0. The topological polar surface area (TPSA) is 52.9 Å². The van der Waals surface area contributed by atoms with E-state index in [-0.39, 0.29) is 5.91 Å². The summed E-state index contributed by atoms with van der Waals surface area (Å²) in [7, 11) is 0. The van der Waals surface area contributed by atoms with Gasteiger partial charge in [0.05, 0.1) is 11.6 Å². The van der Waals surface area contributed by atoms with Gasteiger partial charge in [-0.1, -0.05) is 19.1 Å². The predicted molar refractivity (Wildman–Crippen MR) is 53.3 cm³/mol. The van der Waals surface area contributed by atoms with Gasteiger partial charge in [0, 0.05) is 13.0 Å². The number of carbonyl (C=O) groups excluding carboxylic acids is 1. The molecule has 0 aliphatic rings. The van der Waals surface area contributed by atoms with Crippen LogP contribution in [0.25, 0.3) is 0 Å². The fraction of sp³-hybridized carbons (Fsp3) is 0.273. The van der Waals surface area contributed by atoms with Crippen molar-refractivity contribution in [1.29, 1.82) is 5.26 Å². The average Bonchev–Trinajstić information content (AvgIpc) is 2.26. The molecule has 1 amide bonds. The number of nitrogens with one attached hydrogen (secondary N) is 1. The highest BCUT2D eigenvalue weighted by Gasteiger charge is 1.97. The van der Waals surface area contributed by atoms with Crippen molar-refractivity contribution in [1.82, 2.24) is 5.32 Å². The Morgan fingerprint density at radius 2 is 2.07 bits per heavy atom. The molecule has 0 saturated heterocycles. The molecule has 0 heterocycles. The van der Waals surface area contributed by atoms with Crippen molar-refractivity contribution >= 4 is 5.91 Å². The van der Waals surface area contributed by atoms with Crippen LogP contribution in [0.5, 0.6) is 0 Å². The van der Waals surface area contributed by atoms with Gasteiger partial charge < -0.3 is 5.32 Å². The van der Waals surface area contributed by atoms with Crippen LogP contribution in [-0.4, -0.2) is 5.91 Å². The Morgan fingerprint density at radius 1 is 1.43 bits per heavy atom. The standard InChI is InChI=1S/C11H12N2O/c1-2-11(14)13-8-10-5-3-9(7-12)4-6-10/h3-6H,2,8H2,1H3,(H,13,14). The molecule has 72 valence electrons. The van der Waals surface area contributed by atoms with Crippen LogP contribution in [0.1, 0.15) is 24.5 Å². The summed E-state index contributed by atoms with van der Waals surface area (Å²) in [4.78, 5) is 10.9. The molecule has 0 unspecified atom stereocenters. The molecule has 0 spiro atoms. The molecule has 0 radical (unpaired) electrons. The smallest absolute Gasteiger partial charge is 0.219 e. The highest BCUT2D eigenvalue weighted by molar-refractivity contribution is 5.75. The molecule has 3 heteroatoms. The molecule has 0 aliphatic heterocycles. The maximum atomic E-state index is 10.9. The van der Waals surface area contributed by atoms with Crippen molar-refractivity contribution in [3.63, 3.8) is 0 Å². The molecular formula is C11H12N2O. The van der Waals surface area contributed by atoms with E-state index in [2.05, 4.69) is 5.32 Å². The van der Waals surface area contributed by atoms with Crippen LogP contribution < -0.4 is 5.32 Å². The maximum absolute atomic E-state index is 10.9. The lowest BCUT2D eigenvalue weighted by atomic mass is 10.1. The van der Waals surface area contributed by atoms with Gasteiger partial charge in [-0.15, -0.1) is 0 Å². The van der Waals surface area contributed by atoms with Gasteiger partial charge in [0.15, 0.2) is 0 Å². The van der Waals surface area contributed by atoms with Gasteiger partial charge in [-0.05, 0) is 17.7 Å². The summed E-state index contributed by atoms with van der Waals surface area (Å²) in [5.74, 6) is 0.0364. The number of carbonyl (C=O) groups is 1. The Kier molecular flexibility index (Phi) is 3.69. The zero-order valence-electron chi connectivity index (χ0n) is 8.08. The van der Waals surface area contributed by atoms with Gasteiger partial charge in [-0.2, -0.15) is 5.26 Å². The quantitative estimate of drug-likeness (QED) is 0.783. The van der Waals surface area contributed by atoms with E-state index in [9.17, 15) is 4.79 Å². The molecule has 1 N–H and O–H groups in total. The van der Waals surface area contributed by atoms with E-state index < -0.39 is 0 Å². The van der Waals surface area contributed by atoms with Crippen molar-refractivity contribution in [2.24, 2.45) is 0 Å². The highest BCUT2D eigenvalue weighted by Crippen LogP contribution is 2.02. The third-order valence-electron chi connectivity index (χ3n) is 1.89. The summed E-state index contributed by atoms with van der Waals surface area (Å²) in [6.45, 7) is 2.34. The van der Waals surface area contributed by atoms with Crippen molar-refractivity contribution in [2.75, 3.05) is 0 Å². The SMILES string of the molecule is CCC(=O)NCc1ccc(C#N)cc1.